The van der Waals surface area contributed by atoms with Crippen LogP contribution in [0.2, 0.25) is 0 Å². The second kappa shape index (κ2) is 6.00. The minimum absolute atomic E-state index is 0.0985. The number of hydrogen-bond acceptors (Lipinski definition) is 4. The summed E-state index contributed by atoms with van der Waals surface area (Å²) < 4.78 is 0. The van der Waals surface area contributed by atoms with Crippen molar-refractivity contribution < 1.29 is 14.4 Å². The lowest BCUT2D eigenvalue weighted by Crippen LogP contribution is -2.41. The molecule has 23 heavy (non-hydrogen) atoms. The first-order chi connectivity index (χ1) is 11.1. The maximum Gasteiger partial charge on any atom is 0.280 e. The number of pyridine rings is 1. The van der Waals surface area contributed by atoms with Gasteiger partial charge in [-0.15, -0.1) is 0 Å². The standard InChI is InChI=1S/C17H15N3O3/c1-11(12-6-3-2-4-7-12)19-14(21)10-20-16(22)13-8-5-9-18-15(13)17(20)23/h2-9,11H,10H2,1H3,(H,19,21). The molecule has 0 aliphatic carbocycles. The van der Waals surface area contributed by atoms with Crippen LogP contribution in [0.25, 0.3) is 0 Å². The lowest BCUT2D eigenvalue weighted by molar-refractivity contribution is -0.122. The molecule has 2 heterocycles. The van der Waals surface area contributed by atoms with Crippen molar-refractivity contribution in [1.29, 1.82) is 0 Å². The predicted octanol–water partition coefficient (Wildman–Crippen LogP) is 1.55. The van der Waals surface area contributed by atoms with Crippen LogP contribution in [0, 0.1) is 0 Å². The number of amides is 3. The zero-order valence-corrected chi connectivity index (χ0v) is 12.5. The Labute approximate surface area is 133 Å². The lowest BCUT2D eigenvalue weighted by Gasteiger charge is -2.17. The van der Waals surface area contributed by atoms with Crippen LogP contribution in [-0.2, 0) is 4.79 Å². The summed E-state index contributed by atoms with van der Waals surface area (Å²) >= 11 is 0. The van der Waals surface area contributed by atoms with Crippen molar-refractivity contribution in [3.63, 3.8) is 0 Å². The Kier molecular flexibility index (Phi) is 3.89. The molecule has 0 bridgehead atoms. The molecule has 0 spiro atoms. The molecule has 0 saturated carbocycles. The van der Waals surface area contributed by atoms with E-state index < -0.39 is 17.7 Å². The first kappa shape index (κ1) is 14.9. The SMILES string of the molecule is CC(NC(=O)CN1C(=O)c2cccnc2C1=O)c1ccccc1. The number of imide groups is 1. The topological polar surface area (TPSA) is 79.4 Å². The van der Waals surface area contributed by atoms with Crippen molar-refractivity contribution in [3.05, 3.63) is 65.5 Å². The molecule has 0 saturated heterocycles. The van der Waals surface area contributed by atoms with Gasteiger partial charge in [-0.05, 0) is 24.6 Å². The Bertz CT molecular complexity index is 739. The van der Waals surface area contributed by atoms with E-state index in [1.54, 1.807) is 6.07 Å². The highest BCUT2D eigenvalue weighted by molar-refractivity contribution is 6.21. The molecule has 1 atom stereocenters. The van der Waals surface area contributed by atoms with E-state index in [0.29, 0.717) is 0 Å². The molecule has 0 fully saturated rings. The van der Waals surface area contributed by atoms with Crippen molar-refractivity contribution in [2.75, 3.05) is 6.54 Å². The molecule has 3 amide bonds. The maximum absolute atomic E-state index is 12.2. The van der Waals surface area contributed by atoms with Gasteiger partial charge >= 0.3 is 0 Å². The van der Waals surface area contributed by atoms with Gasteiger partial charge in [-0.3, -0.25) is 24.3 Å². The number of nitrogens with one attached hydrogen (secondary N) is 1. The molecular weight excluding hydrogens is 294 g/mol. The molecule has 1 aliphatic heterocycles. The predicted molar refractivity (Wildman–Crippen MR) is 82.6 cm³/mol. The average molecular weight is 309 g/mol. The van der Waals surface area contributed by atoms with Gasteiger partial charge in [0.15, 0.2) is 0 Å². The van der Waals surface area contributed by atoms with E-state index in [0.717, 1.165) is 10.5 Å². The molecule has 6 heteroatoms. The molecule has 6 nitrogen and oxygen atoms in total. The van der Waals surface area contributed by atoms with Gasteiger partial charge in [0.2, 0.25) is 5.91 Å². The van der Waals surface area contributed by atoms with Crippen LogP contribution in [0.1, 0.15) is 39.4 Å². The summed E-state index contributed by atoms with van der Waals surface area (Å²) in [5.74, 6) is -1.41. The van der Waals surface area contributed by atoms with Crippen LogP contribution in [-0.4, -0.2) is 34.2 Å². The Balaban J connectivity index is 1.68. The van der Waals surface area contributed by atoms with Gasteiger partial charge in [-0.2, -0.15) is 0 Å². The van der Waals surface area contributed by atoms with Crippen molar-refractivity contribution in [3.8, 4) is 0 Å². The van der Waals surface area contributed by atoms with Crippen LogP contribution in [0.3, 0.4) is 0 Å². The summed E-state index contributed by atoms with van der Waals surface area (Å²) in [5.41, 5.74) is 1.28. The summed E-state index contributed by atoms with van der Waals surface area (Å²) in [7, 11) is 0. The number of rotatable bonds is 4. The zero-order chi connectivity index (χ0) is 16.4. The fourth-order valence-electron chi connectivity index (χ4n) is 2.51. The summed E-state index contributed by atoms with van der Waals surface area (Å²) in [4.78, 5) is 41.3. The second-order valence-electron chi connectivity index (χ2n) is 5.30. The van der Waals surface area contributed by atoms with Gasteiger partial charge in [0.05, 0.1) is 11.6 Å². The van der Waals surface area contributed by atoms with Crippen molar-refractivity contribution in [2.45, 2.75) is 13.0 Å². The zero-order valence-electron chi connectivity index (χ0n) is 12.5. The van der Waals surface area contributed by atoms with Crippen LogP contribution < -0.4 is 5.32 Å². The van der Waals surface area contributed by atoms with Crippen LogP contribution in [0.4, 0.5) is 0 Å². The lowest BCUT2D eigenvalue weighted by atomic mass is 10.1. The largest absolute Gasteiger partial charge is 0.348 e. The molecule has 116 valence electrons. The van der Waals surface area contributed by atoms with E-state index in [2.05, 4.69) is 10.3 Å². The molecule has 1 aliphatic rings. The minimum Gasteiger partial charge on any atom is -0.348 e. The van der Waals surface area contributed by atoms with Gasteiger partial charge < -0.3 is 5.32 Å². The molecule has 1 unspecified atom stereocenters. The first-order valence-corrected chi connectivity index (χ1v) is 7.23. The van der Waals surface area contributed by atoms with Crippen molar-refractivity contribution in [1.82, 2.24) is 15.2 Å². The van der Waals surface area contributed by atoms with Gasteiger partial charge in [0, 0.05) is 6.20 Å². The highest BCUT2D eigenvalue weighted by Crippen LogP contribution is 2.20. The van der Waals surface area contributed by atoms with Crippen LogP contribution in [0.5, 0.6) is 0 Å². The Hall–Kier alpha value is -3.02. The van der Waals surface area contributed by atoms with E-state index in [-0.39, 0.29) is 23.8 Å². The molecule has 3 rings (SSSR count). The third kappa shape index (κ3) is 2.83. The minimum atomic E-state index is -0.534. The molecule has 1 aromatic carbocycles. The molecular formula is C17H15N3O3. The van der Waals surface area contributed by atoms with E-state index >= 15 is 0 Å². The monoisotopic (exact) mass is 309 g/mol. The molecule has 2 aromatic rings. The fourth-order valence-corrected chi connectivity index (χ4v) is 2.51. The quantitative estimate of drug-likeness (QED) is 0.869. The number of carbonyl (C=O) groups excluding carboxylic acids is 3. The average Bonchev–Trinajstić information content (AvgIpc) is 2.81. The summed E-state index contributed by atoms with van der Waals surface area (Å²) in [6.07, 6.45) is 1.45. The highest BCUT2D eigenvalue weighted by Gasteiger charge is 2.37. The normalized spacial score (nSPS) is 14.6. The van der Waals surface area contributed by atoms with Gasteiger partial charge in [-0.25, -0.2) is 0 Å². The van der Waals surface area contributed by atoms with Gasteiger partial charge in [0.1, 0.15) is 12.2 Å². The second-order valence-corrected chi connectivity index (χ2v) is 5.30. The van der Waals surface area contributed by atoms with Crippen LogP contribution >= 0.6 is 0 Å². The Morgan fingerprint density at radius 2 is 1.87 bits per heavy atom. The van der Waals surface area contributed by atoms with Crippen LogP contribution in [0.15, 0.2) is 48.7 Å². The molecule has 1 aromatic heterocycles. The number of aromatic nitrogens is 1. The number of nitrogens with zero attached hydrogens (tertiary/aromatic N) is 2. The third-order valence-electron chi connectivity index (χ3n) is 3.71. The fraction of sp³-hybridized carbons (Fsp3) is 0.176. The summed E-state index contributed by atoms with van der Waals surface area (Å²) in [5, 5.41) is 2.79. The summed E-state index contributed by atoms with van der Waals surface area (Å²) in [6.45, 7) is 1.53. The maximum atomic E-state index is 12.2. The number of fused-ring (bicyclic) bond motifs is 1. The Morgan fingerprint density at radius 3 is 2.57 bits per heavy atom. The van der Waals surface area contributed by atoms with Gasteiger partial charge in [0.25, 0.3) is 11.8 Å². The highest BCUT2D eigenvalue weighted by atomic mass is 16.2. The van der Waals surface area contributed by atoms with E-state index in [1.165, 1.54) is 12.3 Å². The third-order valence-corrected chi connectivity index (χ3v) is 3.71. The number of benzene rings is 1. The first-order valence-electron chi connectivity index (χ1n) is 7.23. The number of hydrogen-bond donors (Lipinski definition) is 1. The van der Waals surface area contributed by atoms with Crippen molar-refractivity contribution >= 4 is 17.7 Å². The van der Waals surface area contributed by atoms with Gasteiger partial charge in [-0.1, -0.05) is 30.3 Å². The molecule has 1 N–H and O–H groups in total. The summed E-state index contributed by atoms with van der Waals surface area (Å²) in [6, 6.07) is 12.4. The Morgan fingerprint density at radius 1 is 1.13 bits per heavy atom. The molecule has 0 radical (unpaired) electrons. The van der Waals surface area contributed by atoms with Crippen molar-refractivity contribution in [2.24, 2.45) is 0 Å². The van der Waals surface area contributed by atoms with E-state index in [4.69, 9.17) is 0 Å². The number of carbonyl (C=O) groups is 3. The van der Waals surface area contributed by atoms with E-state index in [9.17, 15) is 14.4 Å². The smallest absolute Gasteiger partial charge is 0.280 e. The van der Waals surface area contributed by atoms with E-state index in [1.807, 2.05) is 37.3 Å².